The SMILES string of the molecule is CN1CC=CCn2c1nc1c(N3CCCC3)ncnc12. The highest BCUT2D eigenvalue weighted by Gasteiger charge is 2.23. The first kappa shape index (κ1) is 11.7. The predicted molar refractivity (Wildman–Crippen MR) is 79.2 cm³/mol. The average Bonchev–Trinajstić information content (AvgIpc) is 3.07. The summed E-state index contributed by atoms with van der Waals surface area (Å²) in [5.41, 5.74) is 1.88. The van der Waals surface area contributed by atoms with Crippen molar-refractivity contribution in [1.29, 1.82) is 0 Å². The minimum atomic E-state index is 0.826. The highest BCUT2D eigenvalue weighted by molar-refractivity contribution is 5.86. The van der Waals surface area contributed by atoms with E-state index in [1.165, 1.54) is 12.8 Å². The molecule has 2 aliphatic heterocycles. The molecule has 0 N–H and O–H groups in total. The van der Waals surface area contributed by atoms with Crippen molar-refractivity contribution in [2.75, 3.05) is 36.5 Å². The van der Waals surface area contributed by atoms with E-state index >= 15 is 0 Å². The van der Waals surface area contributed by atoms with Crippen molar-refractivity contribution in [2.45, 2.75) is 19.4 Å². The largest absolute Gasteiger partial charge is 0.355 e. The third-order valence-corrected chi connectivity index (χ3v) is 4.07. The van der Waals surface area contributed by atoms with E-state index in [0.29, 0.717) is 0 Å². The molecule has 0 atom stereocenters. The van der Waals surface area contributed by atoms with Crippen LogP contribution in [-0.4, -0.2) is 46.2 Å². The zero-order valence-corrected chi connectivity index (χ0v) is 11.7. The van der Waals surface area contributed by atoms with Crippen LogP contribution in [0, 0.1) is 0 Å². The molecule has 2 aromatic rings. The lowest BCUT2D eigenvalue weighted by molar-refractivity contribution is 0.817. The van der Waals surface area contributed by atoms with Crippen LogP contribution in [-0.2, 0) is 6.54 Å². The Hall–Kier alpha value is -2.11. The molecule has 4 rings (SSSR count). The molecular formula is C14H18N6. The summed E-state index contributed by atoms with van der Waals surface area (Å²) in [5, 5.41) is 0. The number of hydrogen-bond donors (Lipinski definition) is 0. The monoisotopic (exact) mass is 270 g/mol. The highest BCUT2D eigenvalue weighted by atomic mass is 15.3. The van der Waals surface area contributed by atoms with Gasteiger partial charge in [-0.1, -0.05) is 12.2 Å². The second-order valence-corrected chi connectivity index (χ2v) is 5.44. The molecule has 0 unspecified atom stereocenters. The molecule has 6 nitrogen and oxygen atoms in total. The maximum absolute atomic E-state index is 4.82. The van der Waals surface area contributed by atoms with E-state index in [1.807, 2.05) is 0 Å². The van der Waals surface area contributed by atoms with E-state index in [1.54, 1.807) is 6.33 Å². The maximum atomic E-state index is 4.82. The highest BCUT2D eigenvalue weighted by Crippen LogP contribution is 2.29. The Bertz CT molecular complexity index is 668. The van der Waals surface area contributed by atoms with Crippen LogP contribution in [0.4, 0.5) is 11.8 Å². The standard InChI is InChI=1S/C14H18N6/c1-18-6-2-5-9-20-13-11(17-14(18)20)12(15-10-16-13)19-7-3-4-8-19/h2,5,10H,3-4,6-9H2,1H3. The smallest absolute Gasteiger partial charge is 0.208 e. The fourth-order valence-corrected chi connectivity index (χ4v) is 3.03. The molecule has 104 valence electrons. The summed E-state index contributed by atoms with van der Waals surface area (Å²) in [7, 11) is 2.07. The first-order valence-electron chi connectivity index (χ1n) is 7.17. The Morgan fingerprint density at radius 3 is 2.70 bits per heavy atom. The van der Waals surface area contributed by atoms with Crippen molar-refractivity contribution in [3.63, 3.8) is 0 Å². The van der Waals surface area contributed by atoms with Gasteiger partial charge < -0.3 is 9.80 Å². The van der Waals surface area contributed by atoms with E-state index in [9.17, 15) is 0 Å². The van der Waals surface area contributed by atoms with Crippen LogP contribution in [0.5, 0.6) is 0 Å². The van der Waals surface area contributed by atoms with E-state index in [4.69, 9.17) is 4.98 Å². The number of nitrogens with zero attached hydrogens (tertiary/aromatic N) is 6. The van der Waals surface area contributed by atoms with E-state index in [0.717, 1.165) is 49.1 Å². The molecule has 0 aromatic carbocycles. The zero-order valence-electron chi connectivity index (χ0n) is 11.7. The zero-order chi connectivity index (χ0) is 13.5. The van der Waals surface area contributed by atoms with Gasteiger partial charge in [0, 0.05) is 33.2 Å². The molecule has 0 spiro atoms. The number of hydrogen-bond acceptors (Lipinski definition) is 5. The molecular weight excluding hydrogens is 252 g/mol. The molecule has 1 fully saturated rings. The molecule has 0 amide bonds. The van der Waals surface area contributed by atoms with Crippen LogP contribution in [0.3, 0.4) is 0 Å². The molecule has 4 heterocycles. The molecule has 20 heavy (non-hydrogen) atoms. The quantitative estimate of drug-likeness (QED) is 0.734. The van der Waals surface area contributed by atoms with Gasteiger partial charge in [-0.15, -0.1) is 0 Å². The van der Waals surface area contributed by atoms with E-state index in [2.05, 4.69) is 43.5 Å². The first-order valence-corrected chi connectivity index (χ1v) is 7.17. The number of aromatic nitrogens is 4. The van der Waals surface area contributed by atoms with Crippen molar-refractivity contribution in [3.05, 3.63) is 18.5 Å². The number of imidazole rings is 1. The van der Waals surface area contributed by atoms with Gasteiger partial charge in [0.05, 0.1) is 0 Å². The summed E-state index contributed by atoms with van der Waals surface area (Å²) in [6.45, 7) is 3.86. The third kappa shape index (κ3) is 1.67. The van der Waals surface area contributed by atoms with Crippen LogP contribution in [0.1, 0.15) is 12.8 Å². The molecule has 0 saturated carbocycles. The lowest BCUT2D eigenvalue weighted by Gasteiger charge is -2.15. The van der Waals surface area contributed by atoms with Gasteiger partial charge in [-0.25, -0.2) is 15.0 Å². The normalized spacial score (nSPS) is 18.6. The van der Waals surface area contributed by atoms with Crippen molar-refractivity contribution in [1.82, 2.24) is 19.5 Å². The summed E-state index contributed by atoms with van der Waals surface area (Å²) in [4.78, 5) is 18.2. The summed E-state index contributed by atoms with van der Waals surface area (Å²) in [5.74, 6) is 1.97. The fourth-order valence-electron chi connectivity index (χ4n) is 3.03. The van der Waals surface area contributed by atoms with Gasteiger partial charge in [-0.3, -0.25) is 4.57 Å². The third-order valence-electron chi connectivity index (χ3n) is 4.07. The van der Waals surface area contributed by atoms with Gasteiger partial charge in [0.15, 0.2) is 17.0 Å². The maximum Gasteiger partial charge on any atom is 0.208 e. The molecule has 2 aliphatic rings. The van der Waals surface area contributed by atoms with Crippen LogP contribution < -0.4 is 9.80 Å². The van der Waals surface area contributed by atoms with Crippen molar-refractivity contribution >= 4 is 22.9 Å². The molecule has 0 bridgehead atoms. The average molecular weight is 270 g/mol. The summed E-state index contributed by atoms with van der Waals surface area (Å²) >= 11 is 0. The Labute approximate surface area is 117 Å². The van der Waals surface area contributed by atoms with Gasteiger partial charge in [0.2, 0.25) is 5.95 Å². The molecule has 0 radical (unpaired) electrons. The predicted octanol–water partition coefficient (Wildman–Crippen LogP) is 1.43. The molecule has 0 aliphatic carbocycles. The second-order valence-electron chi connectivity index (χ2n) is 5.44. The number of anilines is 2. The summed E-state index contributed by atoms with van der Waals surface area (Å²) in [6, 6.07) is 0. The number of allylic oxidation sites excluding steroid dienone is 1. The summed E-state index contributed by atoms with van der Waals surface area (Å²) < 4.78 is 2.17. The number of rotatable bonds is 1. The number of fused-ring (bicyclic) bond motifs is 3. The van der Waals surface area contributed by atoms with Gasteiger partial charge in [-0.05, 0) is 12.8 Å². The van der Waals surface area contributed by atoms with E-state index < -0.39 is 0 Å². The summed E-state index contributed by atoms with van der Waals surface area (Å²) in [6.07, 6.45) is 8.48. The van der Waals surface area contributed by atoms with Gasteiger partial charge in [0.25, 0.3) is 0 Å². The van der Waals surface area contributed by atoms with Crippen LogP contribution >= 0.6 is 0 Å². The molecule has 1 saturated heterocycles. The molecule has 2 aromatic heterocycles. The molecule has 6 heteroatoms. The van der Waals surface area contributed by atoms with Crippen molar-refractivity contribution < 1.29 is 0 Å². The Kier molecular flexibility index (Phi) is 2.61. The fraction of sp³-hybridized carbons (Fsp3) is 0.500. The Morgan fingerprint density at radius 2 is 1.85 bits per heavy atom. The minimum Gasteiger partial charge on any atom is -0.355 e. The lowest BCUT2D eigenvalue weighted by atomic mass is 10.4. The first-order chi connectivity index (χ1) is 9.84. The van der Waals surface area contributed by atoms with Gasteiger partial charge >= 0.3 is 0 Å². The number of likely N-dealkylation sites (N-methyl/N-ethyl adjacent to an activating group) is 1. The van der Waals surface area contributed by atoms with Crippen LogP contribution in [0.15, 0.2) is 18.5 Å². The Morgan fingerprint density at radius 1 is 1.05 bits per heavy atom. The van der Waals surface area contributed by atoms with Crippen LogP contribution in [0.2, 0.25) is 0 Å². The second kappa shape index (κ2) is 4.47. The van der Waals surface area contributed by atoms with Crippen LogP contribution in [0.25, 0.3) is 11.2 Å². The van der Waals surface area contributed by atoms with Crippen molar-refractivity contribution in [3.8, 4) is 0 Å². The van der Waals surface area contributed by atoms with Gasteiger partial charge in [0.1, 0.15) is 6.33 Å². The van der Waals surface area contributed by atoms with Gasteiger partial charge in [-0.2, -0.15) is 0 Å². The van der Waals surface area contributed by atoms with Crippen molar-refractivity contribution in [2.24, 2.45) is 0 Å². The topological polar surface area (TPSA) is 50.1 Å². The lowest BCUT2D eigenvalue weighted by Crippen LogP contribution is -2.19. The minimum absolute atomic E-state index is 0.826. The Balaban J connectivity index is 1.91. The van der Waals surface area contributed by atoms with E-state index in [-0.39, 0.29) is 0 Å².